The molecule has 90 valence electrons. The van der Waals surface area contributed by atoms with E-state index >= 15 is 0 Å². The van der Waals surface area contributed by atoms with Gasteiger partial charge in [0.1, 0.15) is 6.04 Å². The molecule has 0 saturated carbocycles. The largest absolute Gasteiger partial charge is 0.480 e. The van der Waals surface area contributed by atoms with Gasteiger partial charge in [-0.05, 0) is 24.5 Å². The molecule has 1 aromatic carbocycles. The topological polar surface area (TPSA) is 40.5 Å². The number of hydrogen-bond acceptors (Lipinski definition) is 2. The second-order valence-corrected chi connectivity index (χ2v) is 4.62. The Morgan fingerprint density at radius 2 is 2.24 bits per heavy atom. The molecule has 0 radical (unpaired) electrons. The Morgan fingerprint density at radius 1 is 1.53 bits per heavy atom. The van der Waals surface area contributed by atoms with Gasteiger partial charge in [0.2, 0.25) is 0 Å². The molecule has 1 unspecified atom stereocenters. The van der Waals surface area contributed by atoms with Crippen molar-refractivity contribution in [1.82, 2.24) is 4.90 Å². The van der Waals surface area contributed by atoms with E-state index in [2.05, 4.69) is 6.58 Å². The van der Waals surface area contributed by atoms with Crippen LogP contribution in [0.3, 0.4) is 0 Å². The Kier molecular flexibility index (Phi) is 3.29. The number of carboxylic acid groups (broad SMARTS) is 1. The highest BCUT2D eigenvalue weighted by molar-refractivity contribution is 5.76. The third-order valence-electron chi connectivity index (χ3n) is 3.09. The van der Waals surface area contributed by atoms with Gasteiger partial charge in [-0.25, -0.2) is 0 Å². The fourth-order valence-corrected chi connectivity index (χ4v) is 2.42. The van der Waals surface area contributed by atoms with Crippen LogP contribution in [0.5, 0.6) is 0 Å². The molecule has 0 fully saturated rings. The maximum atomic E-state index is 11.4. The van der Waals surface area contributed by atoms with Crippen LogP contribution in [-0.2, 0) is 11.2 Å². The average molecular weight is 231 g/mol. The first kappa shape index (κ1) is 11.9. The SMILES string of the molecule is C=C(C)CN1CCc2ccccc2C1C(=O)O. The van der Waals surface area contributed by atoms with E-state index in [1.165, 1.54) is 0 Å². The van der Waals surface area contributed by atoms with E-state index in [0.717, 1.165) is 29.7 Å². The summed E-state index contributed by atoms with van der Waals surface area (Å²) in [6, 6.07) is 7.27. The van der Waals surface area contributed by atoms with Crippen LogP contribution in [0.4, 0.5) is 0 Å². The molecular formula is C14H17NO2. The van der Waals surface area contributed by atoms with Gasteiger partial charge >= 0.3 is 5.97 Å². The molecule has 3 heteroatoms. The zero-order valence-electron chi connectivity index (χ0n) is 10.0. The minimum absolute atomic E-state index is 0.531. The molecule has 0 bridgehead atoms. The molecule has 1 aliphatic rings. The number of aliphatic carboxylic acids is 1. The normalized spacial score (nSPS) is 19.7. The number of hydrogen-bond donors (Lipinski definition) is 1. The smallest absolute Gasteiger partial charge is 0.325 e. The minimum atomic E-state index is -0.779. The fourth-order valence-electron chi connectivity index (χ4n) is 2.42. The van der Waals surface area contributed by atoms with Crippen LogP contribution in [0, 0.1) is 0 Å². The molecule has 1 heterocycles. The van der Waals surface area contributed by atoms with Crippen LogP contribution in [-0.4, -0.2) is 29.1 Å². The van der Waals surface area contributed by atoms with E-state index in [9.17, 15) is 9.90 Å². The Bertz CT molecular complexity index is 453. The highest BCUT2D eigenvalue weighted by Crippen LogP contribution is 2.30. The number of carbonyl (C=O) groups is 1. The second-order valence-electron chi connectivity index (χ2n) is 4.62. The maximum absolute atomic E-state index is 11.4. The summed E-state index contributed by atoms with van der Waals surface area (Å²) >= 11 is 0. The average Bonchev–Trinajstić information content (AvgIpc) is 2.27. The number of carboxylic acids is 1. The molecular weight excluding hydrogens is 214 g/mol. The number of benzene rings is 1. The summed E-state index contributed by atoms with van der Waals surface area (Å²) in [5, 5.41) is 9.40. The molecule has 1 N–H and O–H groups in total. The molecule has 17 heavy (non-hydrogen) atoms. The van der Waals surface area contributed by atoms with Gasteiger partial charge in [-0.2, -0.15) is 0 Å². The zero-order valence-corrected chi connectivity index (χ0v) is 10.0. The third-order valence-corrected chi connectivity index (χ3v) is 3.09. The molecule has 3 nitrogen and oxygen atoms in total. The van der Waals surface area contributed by atoms with Crippen molar-refractivity contribution in [2.45, 2.75) is 19.4 Å². The van der Waals surface area contributed by atoms with Crippen LogP contribution in [0.2, 0.25) is 0 Å². The lowest BCUT2D eigenvalue weighted by Gasteiger charge is -2.34. The van der Waals surface area contributed by atoms with Crippen LogP contribution in [0.25, 0.3) is 0 Å². The fraction of sp³-hybridized carbons (Fsp3) is 0.357. The molecule has 0 saturated heterocycles. The first-order chi connectivity index (χ1) is 8.09. The van der Waals surface area contributed by atoms with Gasteiger partial charge in [-0.1, -0.05) is 36.4 Å². The van der Waals surface area contributed by atoms with E-state index in [-0.39, 0.29) is 0 Å². The summed E-state index contributed by atoms with van der Waals surface area (Å²) in [7, 11) is 0. The third kappa shape index (κ3) is 2.39. The Labute approximate surface area is 101 Å². The summed E-state index contributed by atoms with van der Waals surface area (Å²) in [5.74, 6) is -0.779. The van der Waals surface area contributed by atoms with Gasteiger partial charge in [0.05, 0.1) is 0 Å². The van der Waals surface area contributed by atoms with E-state index < -0.39 is 12.0 Å². The van der Waals surface area contributed by atoms with Crippen LogP contribution in [0.1, 0.15) is 24.1 Å². The number of rotatable bonds is 3. The number of nitrogens with zero attached hydrogens (tertiary/aromatic N) is 1. The van der Waals surface area contributed by atoms with Gasteiger partial charge in [0.15, 0.2) is 0 Å². The van der Waals surface area contributed by atoms with Crippen LogP contribution in [0.15, 0.2) is 36.4 Å². The van der Waals surface area contributed by atoms with Crippen molar-refractivity contribution >= 4 is 5.97 Å². The summed E-state index contributed by atoms with van der Waals surface area (Å²) < 4.78 is 0. The predicted molar refractivity (Wildman–Crippen MR) is 66.9 cm³/mol. The van der Waals surface area contributed by atoms with Crippen molar-refractivity contribution < 1.29 is 9.90 Å². The Hall–Kier alpha value is -1.61. The molecule has 0 amide bonds. The van der Waals surface area contributed by atoms with E-state index in [1.54, 1.807) is 0 Å². The molecule has 1 atom stereocenters. The van der Waals surface area contributed by atoms with Crippen LogP contribution >= 0.6 is 0 Å². The van der Waals surface area contributed by atoms with Crippen molar-refractivity contribution in [2.75, 3.05) is 13.1 Å². The van der Waals surface area contributed by atoms with Gasteiger partial charge in [-0.3, -0.25) is 9.69 Å². The van der Waals surface area contributed by atoms with Crippen molar-refractivity contribution in [2.24, 2.45) is 0 Å². The van der Waals surface area contributed by atoms with Crippen molar-refractivity contribution in [3.63, 3.8) is 0 Å². The van der Waals surface area contributed by atoms with E-state index in [0.29, 0.717) is 6.54 Å². The predicted octanol–water partition coefficient (Wildman–Crippen LogP) is 2.25. The Balaban J connectivity index is 2.36. The lowest BCUT2D eigenvalue weighted by Crippen LogP contribution is -2.40. The maximum Gasteiger partial charge on any atom is 0.325 e. The van der Waals surface area contributed by atoms with Crippen molar-refractivity contribution in [3.8, 4) is 0 Å². The lowest BCUT2D eigenvalue weighted by molar-refractivity contribution is -0.143. The number of fused-ring (bicyclic) bond motifs is 1. The quantitative estimate of drug-likeness (QED) is 0.811. The van der Waals surface area contributed by atoms with Crippen molar-refractivity contribution in [1.29, 1.82) is 0 Å². The zero-order chi connectivity index (χ0) is 12.4. The highest BCUT2D eigenvalue weighted by Gasteiger charge is 2.32. The molecule has 2 rings (SSSR count). The molecule has 0 spiro atoms. The summed E-state index contributed by atoms with van der Waals surface area (Å²) in [6.45, 7) is 7.22. The first-order valence-corrected chi connectivity index (χ1v) is 5.78. The van der Waals surface area contributed by atoms with Crippen molar-refractivity contribution in [3.05, 3.63) is 47.5 Å². The standard InChI is InChI=1S/C14H17NO2/c1-10(2)9-15-8-7-11-5-3-4-6-12(11)13(15)14(16)17/h3-6,13H,1,7-9H2,2H3,(H,16,17). The van der Waals surface area contributed by atoms with Crippen LogP contribution < -0.4 is 0 Å². The highest BCUT2D eigenvalue weighted by atomic mass is 16.4. The van der Waals surface area contributed by atoms with Gasteiger partial charge in [0.25, 0.3) is 0 Å². The second kappa shape index (κ2) is 4.72. The van der Waals surface area contributed by atoms with E-state index in [4.69, 9.17) is 0 Å². The minimum Gasteiger partial charge on any atom is -0.480 e. The van der Waals surface area contributed by atoms with Gasteiger partial charge in [-0.15, -0.1) is 0 Å². The molecule has 0 aromatic heterocycles. The van der Waals surface area contributed by atoms with E-state index in [1.807, 2.05) is 36.1 Å². The Morgan fingerprint density at radius 3 is 2.88 bits per heavy atom. The summed E-state index contributed by atoms with van der Waals surface area (Å²) in [6.07, 6.45) is 0.910. The van der Waals surface area contributed by atoms with Gasteiger partial charge < -0.3 is 5.11 Å². The summed E-state index contributed by atoms with van der Waals surface area (Å²) in [4.78, 5) is 13.4. The van der Waals surface area contributed by atoms with Gasteiger partial charge in [0, 0.05) is 13.1 Å². The monoisotopic (exact) mass is 231 g/mol. The molecule has 0 aliphatic carbocycles. The molecule has 1 aromatic rings. The first-order valence-electron chi connectivity index (χ1n) is 5.78. The summed E-state index contributed by atoms with van der Waals surface area (Å²) in [5.41, 5.74) is 3.07. The lowest BCUT2D eigenvalue weighted by atomic mass is 9.92. The molecule has 1 aliphatic heterocycles.